The molecular formula is C20H11ClN2O4. The number of hydrogen-bond donors (Lipinski definition) is 1. The molecule has 0 fully saturated rings. The minimum Gasteiger partial charge on any atom is -0.439 e. The van der Waals surface area contributed by atoms with Crippen molar-refractivity contribution in [1.29, 1.82) is 5.26 Å². The van der Waals surface area contributed by atoms with Crippen molar-refractivity contribution < 1.29 is 13.9 Å². The van der Waals surface area contributed by atoms with E-state index in [2.05, 4.69) is 0 Å². The lowest BCUT2D eigenvalue weighted by molar-refractivity contribution is 0.0967. The molecule has 2 aromatic carbocycles. The van der Waals surface area contributed by atoms with Crippen LogP contribution in [0.5, 0.6) is 5.75 Å². The van der Waals surface area contributed by atoms with E-state index in [1.54, 1.807) is 36.4 Å². The first-order valence-electron chi connectivity index (χ1n) is 7.94. The molecule has 7 heteroatoms. The first kappa shape index (κ1) is 16.9. The van der Waals surface area contributed by atoms with E-state index in [9.17, 15) is 14.9 Å². The van der Waals surface area contributed by atoms with Crippen LogP contribution in [0.2, 0.25) is 5.02 Å². The van der Waals surface area contributed by atoms with Gasteiger partial charge in [0, 0.05) is 10.6 Å². The SMILES string of the molecule is N#CC1=C(N)Oc2c(c(=O)oc3ccccc23)C1C(=O)c1ccc(Cl)cc1. The molecule has 0 radical (unpaired) electrons. The van der Waals surface area contributed by atoms with E-state index in [4.69, 9.17) is 26.5 Å². The molecule has 1 aliphatic rings. The Morgan fingerprint density at radius 2 is 1.85 bits per heavy atom. The summed E-state index contributed by atoms with van der Waals surface area (Å²) in [5.74, 6) is -1.78. The zero-order valence-electron chi connectivity index (χ0n) is 13.7. The van der Waals surface area contributed by atoms with Gasteiger partial charge in [-0.2, -0.15) is 5.26 Å². The number of carbonyl (C=O) groups excluding carboxylic acids is 1. The van der Waals surface area contributed by atoms with Gasteiger partial charge in [0.15, 0.2) is 11.5 Å². The van der Waals surface area contributed by atoms with Crippen molar-refractivity contribution in [2.75, 3.05) is 0 Å². The monoisotopic (exact) mass is 378 g/mol. The second kappa shape index (κ2) is 6.31. The fourth-order valence-corrected chi connectivity index (χ4v) is 3.23. The second-order valence-corrected chi connectivity index (χ2v) is 6.36. The molecule has 3 aromatic rings. The molecule has 1 atom stereocenters. The number of rotatable bonds is 2. The summed E-state index contributed by atoms with van der Waals surface area (Å²) >= 11 is 5.87. The molecule has 1 aromatic heterocycles. The standard InChI is InChI=1S/C20H11ClN2O4/c21-11-7-5-10(6-8-11)17(24)15-13(9-22)19(23)27-18-12-3-1-2-4-14(12)26-20(25)16(15)18/h1-8,15H,23H2. The molecule has 2 heterocycles. The number of halogens is 1. The van der Waals surface area contributed by atoms with Gasteiger partial charge < -0.3 is 14.9 Å². The molecule has 2 N–H and O–H groups in total. The number of hydrogen-bond acceptors (Lipinski definition) is 6. The summed E-state index contributed by atoms with van der Waals surface area (Å²) in [6, 6.07) is 14.8. The molecule has 0 amide bonds. The summed E-state index contributed by atoms with van der Waals surface area (Å²) in [5.41, 5.74) is 5.56. The number of carbonyl (C=O) groups is 1. The number of nitrogens with two attached hydrogens (primary N) is 1. The van der Waals surface area contributed by atoms with Gasteiger partial charge in [0.05, 0.1) is 16.9 Å². The lowest BCUT2D eigenvalue weighted by Gasteiger charge is -2.24. The van der Waals surface area contributed by atoms with E-state index in [0.717, 1.165) is 0 Å². The molecule has 0 saturated heterocycles. The summed E-state index contributed by atoms with van der Waals surface area (Å²) in [7, 11) is 0. The Kier molecular flexibility index (Phi) is 3.94. The highest BCUT2D eigenvalue weighted by Gasteiger charge is 2.39. The second-order valence-electron chi connectivity index (χ2n) is 5.92. The highest BCUT2D eigenvalue weighted by molar-refractivity contribution is 6.30. The Balaban J connectivity index is 2.00. The van der Waals surface area contributed by atoms with Crippen molar-refractivity contribution in [2.24, 2.45) is 5.73 Å². The predicted molar refractivity (Wildman–Crippen MR) is 98.5 cm³/mol. The van der Waals surface area contributed by atoms with Crippen LogP contribution in [-0.4, -0.2) is 5.78 Å². The number of fused-ring (bicyclic) bond motifs is 3. The van der Waals surface area contributed by atoms with Gasteiger partial charge in [0.1, 0.15) is 17.2 Å². The molecule has 27 heavy (non-hydrogen) atoms. The van der Waals surface area contributed by atoms with Gasteiger partial charge in [-0.25, -0.2) is 4.79 Å². The highest BCUT2D eigenvalue weighted by Crippen LogP contribution is 2.41. The lowest BCUT2D eigenvalue weighted by Crippen LogP contribution is -2.30. The van der Waals surface area contributed by atoms with Crippen LogP contribution in [0.4, 0.5) is 0 Å². The molecule has 0 saturated carbocycles. The predicted octanol–water partition coefficient (Wildman–Crippen LogP) is 3.50. The maximum Gasteiger partial charge on any atom is 0.344 e. The highest BCUT2D eigenvalue weighted by atomic mass is 35.5. The van der Waals surface area contributed by atoms with Crippen molar-refractivity contribution in [3.63, 3.8) is 0 Å². The van der Waals surface area contributed by atoms with E-state index in [1.807, 2.05) is 6.07 Å². The van der Waals surface area contributed by atoms with Gasteiger partial charge in [-0.15, -0.1) is 0 Å². The average Bonchev–Trinajstić information content (AvgIpc) is 2.67. The minimum absolute atomic E-state index is 0.0422. The number of ether oxygens (including phenoxy) is 1. The zero-order chi connectivity index (χ0) is 19.1. The summed E-state index contributed by atoms with van der Waals surface area (Å²) in [5, 5.41) is 10.5. The van der Waals surface area contributed by atoms with Gasteiger partial charge in [-0.1, -0.05) is 23.7 Å². The fraction of sp³-hybridized carbons (Fsp3) is 0.0500. The van der Waals surface area contributed by atoms with Crippen molar-refractivity contribution in [1.82, 2.24) is 0 Å². The summed E-state index contributed by atoms with van der Waals surface area (Å²) < 4.78 is 10.9. The Bertz CT molecular complexity index is 1220. The number of para-hydroxylation sites is 1. The van der Waals surface area contributed by atoms with Crippen LogP contribution < -0.4 is 16.1 Å². The van der Waals surface area contributed by atoms with Crippen LogP contribution >= 0.6 is 11.6 Å². The fourth-order valence-electron chi connectivity index (χ4n) is 3.11. The van der Waals surface area contributed by atoms with Gasteiger partial charge in [0.2, 0.25) is 5.88 Å². The average molecular weight is 379 g/mol. The number of benzene rings is 2. The van der Waals surface area contributed by atoms with Crippen molar-refractivity contribution in [3.8, 4) is 11.8 Å². The van der Waals surface area contributed by atoms with Crippen LogP contribution in [0.25, 0.3) is 11.0 Å². The number of Topliss-reactive ketones (excluding diaryl/α,β-unsaturated/α-hetero) is 1. The number of nitrogens with zero attached hydrogens (tertiary/aromatic N) is 1. The quantitative estimate of drug-likeness (QED) is 0.540. The third-order valence-electron chi connectivity index (χ3n) is 4.37. The Hall–Kier alpha value is -3.56. The maximum absolute atomic E-state index is 13.2. The van der Waals surface area contributed by atoms with Crippen molar-refractivity contribution >= 4 is 28.4 Å². The van der Waals surface area contributed by atoms with E-state index < -0.39 is 17.3 Å². The van der Waals surface area contributed by atoms with Crippen LogP contribution in [0.1, 0.15) is 21.8 Å². The molecule has 132 valence electrons. The third-order valence-corrected chi connectivity index (χ3v) is 4.62. The van der Waals surface area contributed by atoms with E-state index in [0.29, 0.717) is 16.0 Å². The Morgan fingerprint density at radius 3 is 2.56 bits per heavy atom. The molecule has 0 aliphatic carbocycles. The van der Waals surface area contributed by atoms with Gasteiger partial charge in [-0.3, -0.25) is 4.79 Å². The molecule has 0 bridgehead atoms. The Labute approximate surface area is 158 Å². The topological polar surface area (TPSA) is 106 Å². The number of nitriles is 1. The number of allylic oxidation sites excluding steroid dienone is 1. The van der Waals surface area contributed by atoms with Crippen LogP contribution in [0.15, 0.2) is 69.2 Å². The molecule has 1 unspecified atom stereocenters. The summed E-state index contributed by atoms with van der Waals surface area (Å²) in [6.45, 7) is 0. The number of ketones is 1. The first-order valence-corrected chi connectivity index (χ1v) is 8.32. The van der Waals surface area contributed by atoms with Gasteiger partial charge in [0.25, 0.3) is 0 Å². The van der Waals surface area contributed by atoms with Crippen molar-refractivity contribution in [2.45, 2.75) is 5.92 Å². The lowest BCUT2D eigenvalue weighted by atomic mass is 9.83. The van der Waals surface area contributed by atoms with Gasteiger partial charge in [-0.05, 0) is 36.4 Å². The molecule has 1 aliphatic heterocycles. The van der Waals surface area contributed by atoms with E-state index in [1.165, 1.54) is 12.1 Å². The van der Waals surface area contributed by atoms with Gasteiger partial charge >= 0.3 is 5.63 Å². The normalized spacial score (nSPS) is 15.8. The zero-order valence-corrected chi connectivity index (χ0v) is 14.5. The van der Waals surface area contributed by atoms with E-state index >= 15 is 0 Å². The summed E-state index contributed by atoms with van der Waals surface area (Å²) in [4.78, 5) is 25.8. The smallest absolute Gasteiger partial charge is 0.344 e. The molecule has 4 rings (SSSR count). The van der Waals surface area contributed by atoms with Crippen LogP contribution in [0, 0.1) is 11.3 Å². The molecule has 6 nitrogen and oxygen atoms in total. The summed E-state index contributed by atoms with van der Waals surface area (Å²) in [6.07, 6.45) is 0. The Morgan fingerprint density at radius 1 is 1.15 bits per heavy atom. The van der Waals surface area contributed by atoms with Crippen LogP contribution in [-0.2, 0) is 0 Å². The third kappa shape index (κ3) is 2.65. The first-order chi connectivity index (χ1) is 13.0. The molecular weight excluding hydrogens is 368 g/mol. The maximum atomic E-state index is 13.2. The largest absolute Gasteiger partial charge is 0.439 e. The molecule has 0 spiro atoms. The minimum atomic E-state index is -1.22. The van der Waals surface area contributed by atoms with E-state index in [-0.39, 0.29) is 28.3 Å². The van der Waals surface area contributed by atoms with Crippen LogP contribution in [0.3, 0.4) is 0 Å². The van der Waals surface area contributed by atoms with Crippen molar-refractivity contribution in [3.05, 3.63) is 86.6 Å².